The van der Waals surface area contributed by atoms with Gasteiger partial charge in [0.1, 0.15) is 0 Å². The van der Waals surface area contributed by atoms with E-state index >= 15 is 0 Å². The van der Waals surface area contributed by atoms with Crippen molar-refractivity contribution in [2.24, 2.45) is 13.0 Å². The van der Waals surface area contributed by atoms with Crippen molar-refractivity contribution in [1.82, 2.24) is 19.7 Å². The van der Waals surface area contributed by atoms with E-state index in [2.05, 4.69) is 10.2 Å². The Morgan fingerprint density at radius 1 is 1.40 bits per heavy atom. The fraction of sp³-hybridized carbons (Fsp3) is 0.389. The van der Waals surface area contributed by atoms with Gasteiger partial charge >= 0.3 is 5.76 Å². The number of H-pyrrole nitrogens is 1. The maximum atomic E-state index is 12.9. The zero-order valence-electron chi connectivity index (χ0n) is 14.1. The number of rotatable bonds is 3. The van der Waals surface area contributed by atoms with E-state index in [1.807, 2.05) is 11.0 Å². The first-order valence-electron chi connectivity index (χ1n) is 8.49. The van der Waals surface area contributed by atoms with Crippen LogP contribution in [-0.4, -0.2) is 38.7 Å². The van der Waals surface area contributed by atoms with Crippen molar-refractivity contribution in [3.8, 4) is 0 Å². The molecule has 4 rings (SSSR count). The van der Waals surface area contributed by atoms with Crippen molar-refractivity contribution >= 4 is 17.0 Å². The van der Waals surface area contributed by atoms with Gasteiger partial charge in [0.05, 0.1) is 5.52 Å². The molecule has 1 aromatic carbocycles. The van der Waals surface area contributed by atoms with Gasteiger partial charge in [-0.2, -0.15) is 5.10 Å². The minimum Gasteiger partial charge on any atom is -0.408 e. The second-order valence-electron chi connectivity index (χ2n) is 6.65. The van der Waals surface area contributed by atoms with Crippen LogP contribution in [0.25, 0.3) is 11.1 Å². The summed E-state index contributed by atoms with van der Waals surface area (Å²) in [6, 6.07) is 7.14. The molecule has 1 saturated heterocycles. The Balaban J connectivity index is 1.53. The highest BCUT2D eigenvalue weighted by Gasteiger charge is 2.25. The van der Waals surface area contributed by atoms with Crippen molar-refractivity contribution in [1.29, 1.82) is 0 Å². The van der Waals surface area contributed by atoms with Crippen LogP contribution in [0.5, 0.6) is 0 Å². The SMILES string of the molecule is Cn1c(=O)oc2ccc(C(=O)N3CCC[C@H](Cc4ccn[nH]4)C3)cc21. The summed E-state index contributed by atoms with van der Waals surface area (Å²) in [6.07, 6.45) is 4.76. The lowest BCUT2D eigenvalue weighted by atomic mass is 9.93. The molecular formula is C18H20N4O3. The van der Waals surface area contributed by atoms with Gasteiger partial charge in [0, 0.05) is 37.6 Å². The molecule has 3 aromatic rings. The van der Waals surface area contributed by atoms with E-state index in [1.54, 1.807) is 31.4 Å². The monoisotopic (exact) mass is 340 g/mol. The quantitative estimate of drug-likeness (QED) is 0.790. The number of oxazole rings is 1. The number of aryl methyl sites for hydroxylation is 1. The predicted octanol–water partition coefficient (Wildman–Crippen LogP) is 1.95. The molecule has 1 amide bonds. The molecule has 0 bridgehead atoms. The number of likely N-dealkylation sites (tertiary alicyclic amines) is 1. The molecule has 7 heteroatoms. The molecule has 0 aliphatic carbocycles. The minimum atomic E-state index is -0.419. The highest BCUT2D eigenvalue weighted by molar-refractivity contribution is 5.97. The molecule has 1 N–H and O–H groups in total. The van der Waals surface area contributed by atoms with E-state index in [0.29, 0.717) is 22.6 Å². The largest absolute Gasteiger partial charge is 0.419 e. The van der Waals surface area contributed by atoms with Gasteiger partial charge in [0.25, 0.3) is 5.91 Å². The molecule has 1 aliphatic rings. The number of hydrogen-bond acceptors (Lipinski definition) is 4. The van der Waals surface area contributed by atoms with E-state index in [0.717, 1.165) is 38.0 Å². The Kier molecular flexibility index (Phi) is 3.91. The van der Waals surface area contributed by atoms with Gasteiger partial charge in [-0.1, -0.05) is 0 Å². The zero-order chi connectivity index (χ0) is 17.4. The molecule has 0 radical (unpaired) electrons. The molecule has 2 aromatic heterocycles. The molecule has 1 atom stereocenters. The molecular weight excluding hydrogens is 320 g/mol. The number of piperidine rings is 1. The molecule has 130 valence electrons. The lowest BCUT2D eigenvalue weighted by Gasteiger charge is -2.32. The van der Waals surface area contributed by atoms with Crippen LogP contribution >= 0.6 is 0 Å². The topological polar surface area (TPSA) is 84.1 Å². The van der Waals surface area contributed by atoms with Gasteiger partial charge < -0.3 is 9.32 Å². The number of amides is 1. The molecule has 0 spiro atoms. The van der Waals surface area contributed by atoms with Gasteiger partial charge in [-0.25, -0.2) is 4.79 Å². The third-order valence-electron chi connectivity index (χ3n) is 4.91. The molecule has 25 heavy (non-hydrogen) atoms. The Morgan fingerprint density at radius 3 is 3.08 bits per heavy atom. The van der Waals surface area contributed by atoms with Gasteiger partial charge in [0.15, 0.2) is 5.58 Å². The fourth-order valence-electron chi connectivity index (χ4n) is 3.57. The standard InChI is InChI=1S/C18H20N4O3/c1-21-15-10-13(4-5-16(15)25-18(21)24)17(23)22-8-2-3-12(11-22)9-14-6-7-19-20-14/h4-7,10,12H,2-3,8-9,11H2,1H3,(H,19,20)/t12-/m1/s1. The summed E-state index contributed by atoms with van der Waals surface area (Å²) in [7, 11) is 1.64. The first kappa shape index (κ1) is 15.7. The average Bonchev–Trinajstić information content (AvgIpc) is 3.23. The Labute approximate surface area is 144 Å². The molecule has 1 aliphatic heterocycles. The van der Waals surface area contributed by atoms with Crippen LogP contribution in [-0.2, 0) is 13.5 Å². The normalized spacial score (nSPS) is 18.0. The summed E-state index contributed by atoms with van der Waals surface area (Å²) in [5, 5.41) is 6.98. The van der Waals surface area contributed by atoms with Crippen molar-refractivity contribution in [2.45, 2.75) is 19.3 Å². The molecule has 7 nitrogen and oxygen atoms in total. The van der Waals surface area contributed by atoms with Gasteiger partial charge in [-0.3, -0.25) is 14.5 Å². The van der Waals surface area contributed by atoms with E-state index in [-0.39, 0.29) is 5.91 Å². The van der Waals surface area contributed by atoms with Crippen LogP contribution in [0.1, 0.15) is 28.9 Å². The van der Waals surface area contributed by atoms with Crippen molar-refractivity contribution < 1.29 is 9.21 Å². The number of aromatic amines is 1. The maximum absolute atomic E-state index is 12.9. The maximum Gasteiger partial charge on any atom is 0.419 e. The summed E-state index contributed by atoms with van der Waals surface area (Å²) in [4.78, 5) is 26.4. The summed E-state index contributed by atoms with van der Waals surface area (Å²) < 4.78 is 6.55. The van der Waals surface area contributed by atoms with Crippen LogP contribution in [0.2, 0.25) is 0 Å². The van der Waals surface area contributed by atoms with Crippen LogP contribution < -0.4 is 5.76 Å². The van der Waals surface area contributed by atoms with Gasteiger partial charge in [-0.15, -0.1) is 0 Å². The van der Waals surface area contributed by atoms with E-state index in [1.165, 1.54) is 4.57 Å². The number of fused-ring (bicyclic) bond motifs is 1. The average molecular weight is 340 g/mol. The number of carbonyl (C=O) groups is 1. The molecule has 0 unspecified atom stereocenters. The second-order valence-corrected chi connectivity index (χ2v) is 6.65. The number of nitrogens with one attached hydrogen (secondary N) is 1. The summed E-state index contributed by atoms with van der Waals surface area (Å²) >= 11 is 0. The molecule has 3 heterocycles. The Bertz CT molecular complexity index is 955. The number of nitrogens with zero attached hydrogens (tertiary/aromatic N) is 3. The molecule has 1 fully saturated rings. The highest BCUT2D eigenvalue weighted by Crippen LogP contribution is 2.23. The zero-order valence-corrected chi connectivity index (χ0v) is 14.1. The van der Waals surface area contributed by atoms with Crippen molar-refractivity contribution in [2.75, 3.05) is 13.1 Å². The number of hydrogen-bond donors (Lipinski definition) is 1. The van der Waals surface area contributed by atoms with Crippen LogP contribution in [0.4, 0.5) is 0 Å². The van der Waals surface area contributed by atoms with Crippen molar-refractivity contribution in [3.05, 3.63) is 52.3 Å². The first-order chi connectivity index (χ1) is 12.1. The smallest absolute Gasteiger partial charge is 0.408 e. The first-order valence-corrected chi connectivity index (χ1v) is 8.49. The Morgan fingerprint density at radius 2 is 2.28 bits per heavy atom. The van der Waals surface area contributed by atoms with E-state index in [9.17, 15) is 9.59 Å². The predicted molar refractivity (Wildman–Crippen MR) is 92.4 cm³/mol. The van der Waals surface area contributed by atoms with E-state index in [4.69, 9.17) is 4.42 Å². The van der Waals surface area contributed by atoms with E-state index < -0.39 is 5.76 Å². The van der Waals surface area contributed by atoms with Gasteiger partial charge in [0.2, 0.25) is 0 Å². The number of aromatic nitrogens is 3. The Hall–Kier alpha value is -2.83. The van der Waals surface area contributed by atoms with Crippen LogP contribution in [0.3, 0.4) is 0 Å². The second kappa shape index (κ2) is 6.23. The van der Waals surface area contributed by atoms with Gasteiger partial charge in [-0.05, 0) is 49.4 Å². The number of benzene rings is 1. The minimum absolute atomic E-state index is 0.00450. The highest BCUT2D eigenvalue weighted by atomic mass is 16.4. The van der Waals surface area contributed by atoms with Crippen molar-refractivity contribution in [3.63, 3.8) is 0 Å². The summed E-state index contributed by atoms with van der Waals surface area (Å²) in [5.74, 6) is 0.0159. The molecule has 0 saturated carbocycles. The lowest BCUT2D eigenvalue weighted by Crippen LogP contribution is -2.40. The third kappa shape index (κ3) is 2.97. The third-order valence-corrected chi connectivity index (χ3v) is 4.91. The lowest BCUT2D eigenvalue weighted by molar-refractivity contribution is 0.0673. The van der Waals surface area contributed by atoms with Crippen LogP contribution in [0.15, 0.2) is 39.7 Å². The summed E-state index contributed by atoms with van der Waals surface area (Å²) in [5.41, 5.74) is 2.84. The fourth-order valence-corrected chi connectivity index (χ4v) is 3.57. The number of carbonyl (C=O) groups excluding carboxylic acids is 1. The van der Waals surface area contributed by atoms with Crippen LogP contribution in [0, 0.1) is 5.92 Å². The summed E-state index contributed by atoms with van der Waals surface area (Å²) in [6.45, 7) is 1.50.